The topological polar surface area (TPSA) is 61.4 Å². The fourth-order valence-electron chi connectivity index (χ4n) is 3.63. The van der Waals surface area contributed by atoms with Crippen LogP contribution in [0.3, 0.4) is 0 Å². The Balaban J connectivity index is 1.67. The van der Waals surface area contributed by atoms with Gasteiger partial charge in [0, 0.05) is 31.0 Å². The zero-order valence-corrected chi connectivity index (χ0v) is 19.3. The smallest absolute Gasteiger partial charge is 0.251 e. The van der Waals surface area contributed by atoms with Gasteiger partial charge in [-0.15, -0.1) is 0 Å². The highest BCUT2D eigenvalue weighted by Crippen LogP contribution is 2.18. The van der Waals surface area contributed by atoms with Gasteiger partial charge in [0.25, 0.3) is 5.91 Å². The van der Waals surface area contributed by atoms with Crippen molar-refractivity contribution < 1.29 is 13.4 Å². The molecule has 0 aromatic heterocycles. The average molecular weight is 432 g/mol. The Morgan fingerprint density at radius 2 is 2.00 bits per heavy atom. The van der Waals surface area contributed by atoms with Crippen LogP contribution in [-0.4, -0.2) is 53.5 Å². The summed E-state index contributed by atoms with van der Waals surface area (Å²) in [5.74, 6) is 0.963. The standard InChI is InChI=1S/C20H35FN3O2PS/c1-15(2)14-28(26,27)23-6-9-24-7-4-17(5-8-24)13-22-20(25)18-10-16(3)11-19(21)12-18/h10-12,15,17,28H,4-9,13-14,27H2,1-3H3,(H,22,25)(H,23,26). The molecule has 1 heterocycles. The Morgan fingerprint density at radius 3 is 2.61 bits per heavy atom. The van der Waals surface area contributed by atoms with E-state index in [9.17, 15) is 13.4 Å². The van der Waals surface area contributed by atoms with Crippen LogP contribution in [0.15, 0.2) is 18.2 Å². The summed E-state index contributed by atoms with van der Waals surface area (Å²) in [6.07, 6.45) is 2.04. The van der Waals surface area contributed by atoms with Gasteiger partial charge in [-0.3, -0.25) is 13.7 Å². The summed E-state index contributed by atoms with van der Waals surface area (Å²) in [4.78, 5) is 14.6. The number of thiol groups is 1. The van der Waals surface area contributed by atoms with E-state index in [1.54, 1.807) is 13.0 Å². The SMILES string of the molecule is Cc1cc(F)cc(C(=O)NCC2CCN(CCN[SH](=O)(P)CC(C)C)CC2)c1. The molecule has 2 rings (SSSR count). The van der Waals surface area contributed by atoms with E-state index in [2.05, 4.69) is 37.2 Å². The molecule has 1 aliphatic rings. The number of aryl methyl sites for hydroxylation is 1. The molecule has 160 valence electrons. The minimum absolute atomic E-state index is 0.212. The Hall–Kier alpha value is -0.880. The molecule has 0 spiro atoms. The average Bonchev–Trinajstić information content (AvgIpc) is 2.58. The van der Waals surface area contributed by atoms with Gasteiger partial charge in [-0.2, -0.15) is 0 Å². The van der Waals surface area contributed by atoms with Crippen LogP contribution in [0.5, 0.6) is 0 Å². The highest BCUT2D eigenvalue weighted by molar-refractivity contribution is 8.44. The number of carbonyl (C=O) groups excluding carboxylic acids is 1. The van der Waals surface area contributed by atoms with Crippen molar-refractivity contribution in [1.82, 2.24) is 14.9 Å². The van der Waals surface area contributed by atoms with Crippen LogP contribution < -0.4 is 10.0 Å². The summed E-state index contributed by atoms with van der Waals surface area (Å²) in [5, 5.41) is 2.94. The summed E-state index contributed by atoms with van der Waals surface area (Å²) in [6.45, 7) is 10.1. The number of hydrogen-bond donors (Lipinski definition) is 3. The molecule has 0 radical (unpaired) electrons. The van der Waals surface area contributed by atoms with Gasteiger partial charge in [-0.1, -0.05) is 22.3 Å². The summed E-state index contributed by atoms with van der Waals surface area (Å²) in [5.41, 5.74) is 1.12. The lowest BCUT2D eigenvalue weighted by atomic mass is 9.96. The van der Waals surface area contributed by atoms with E-state index in [0.717, 1.165) is 44.6 Å². The Bertz CT molecular complexity index is 688. The fraction of sp³-hybridized carbons (Fsp3) is 0.650. The van der Waals surface area contributed by atoms with Crippen LogP contribution in [-0.2, 0) is 9.74 Å². The van der Waals surface area contributed by atoms with Crippen LogP contribution in [0.25, 0.3) is 0 Å². The first-order valence-electron chi connectivity index (χ1n) is 10.0. The van der Waals surface area contributed by atoms with Crippen molar-refractivity contribution in [1.29, 1.82) is 0 Å². The van der Waals surface area contributed by atoms with Gasteiger partial charge < -0.3 is 10.2 Å². The minimum Gasteiger partial charge on any atom is -0.352 e. The molecule has 8 heteroatoms. The van der Waals surface area contributed by atoms with Crippen molar-refractivity contribution in [2.24, 2.45) is 11.8 Å². The van der Waals surface area contributed by atoms with Crippen LogP contribution >= 0.6 is 8.44 Å². The molecule has 28 heavy (non-hydrogen) atoms. The third-order valence-electron chi connectivity index (χ3n) is 5.01. The summed E-state index contributed by atoms with van der Waals surface area (Å²) in [6, 6.07) is 4.40. The quantitative estimate of drug-likeness (QED) is 0.416. The molecule has 1 aromatic carbocycles. The van der Waals surface area contributed by atoms with Gasteiger partial charge in [0.1, 0.15) is 5.82 Å². The number of halogens is 1. The van der Waals surface area contributed by atoms with E-state index in [4.69, 9.17) is 0 Å². The van der Waals surface area contributed by atoms with Gasteiger partial charge in [0.05, 0.1) is 0 Å². The first kappa shape index (κ1) is 23.4. The first-order chi connectivity index (χ1) is 13.1. The van der Waals surface area contributed by atoms with Crippen molar-refractivity contribution in [3.8, 4) is 0 Å². The number of hydrogen-bond acceptors (Lipinski definition) is 3. The lowest BCUT2D eigenvalue weighted by Gasteiger charge is -2.32. The Morgan fingerprint density at radius 1 is 1.32 bits per heavy atom. The molecular weight excluding hydrogens is 396 g/mol. The lowest BCUT2D eigenvalue weighted by molar-refractivity contribution is 0.0936. The van der Waals surface area contributed by atoms with Gasteiger partial charge >= 0.3 is 0 Å². The summed E-state index contributed by atoms with van der Waals surface area (Å²) < 4.78 is 29.1. The van der Waals surface area contributed by atoms with E-state index in [1.165, 1.54) is 12.1 Å². The van der Waals surface area contributed by atoms with E-state index in [1.807, 2.05) is 0 Å². The molecule has 0 aliphatic carbocycles. The van der Waals surface area contributed by atoms with Crippen LogP contribution in [0.4, 0.5) is 4.39 Å². The predicted octanol–water partition coefficient (Wildman–Crippen LogP) is 2.54. The van der Waals surface area contributed by atoms with Crippen molar-refractivity contribution in [3.05, 3.63) is 35.1 Å². The van der Waals surface area contributed by atoms with Gasteiger partial charge in [0.2, 0.25) is 0 Å². The monoisotopic (exact) mass is 431 g/mol. The fourth-order valence-corrected chi connectivity index (χ4v) is 6.97. The Labute approximate surface area is 171 Å². The van der Waals surface area contributed by atoms with Crippen molar-refractivity contribution in [2.45, 2.75) is 33.6 Å². The second kappa shape index (κ2) is 10.8. The number of benzene rings is 1. The lowest BCUT2D eigenvalue weighted by Crippen LogP contribution is -2.42. The third kappa shape index (κ3) is 8.24. The molecule has 2 N–H and O–H groups in total. The molecule has 1 saturated heterocycles. The third-order valence-corrected chi connectivity index (χ3v) is 8.22. The molecule has 1 amide bonds. The zero-order chi connectivity index (χ0) is 20.7. The normalized spacial score (nSPS) is 17.1. The van der Waals surface area contributed by atoms with Crippen LogP contribution in [0.2, 0.25) is 0 Å². The highest BCUT2D eigenvalue weighted by Gasteiger charge is 2.20. The Kier molecular flexibility index (Phi) is 9.00. The van der Waals surface area contributed by atoms with Crippen molar-refractivity contribution >= 4 is 24.1 Å². The van der Waals surface area contributed by atoms with Gasteiger partial charge in [-0.05, 0) is 78.2 Å². The van der Waals surface area contributed by atoms with Crippen molar-refractivity contribution in [2.75, 3.05) is 38.5 Å². The van der Waals surface area contributed by atoms with Crippen LogP contribution in [0, 0.1) is 24.6 Å². The molecule has 5 nitrogen and oxygen atoms in total. The number of likely N-dealkylation sites (tertiary alicyclic amines) is 1. The van der Waals surface area contributed by atoms with Crippen molar-refractivity contribution in [3.63, 3.8) is 0 Å². The predicted molar refractivity (Wildman–Crippen MR) is 120 cm³/mol. The number of piperidine rings is 1. The second-order valence-corrected chi connectivity index (χ2v) is 13.1. The van der Waals surface area contributed by atoms with E-state index >= 15 is 0 Å². The molecule has 1 aliphatic heterocycles. The summed E-state index contributed by atoms with van der Waals surface area (Å²) in [7, 11) is 0.184. The highest BCUT2D eigenvalue weighted by atomic mass is 32.8. The maximum absolute atomic E-state index is 13.5. The maximum Gasteiger partial charge on any atom is 0.251 e. The molecule has 1 aromatic rings. The maximum atomic E-state index is 13.5. The molecule has 0 saturated carbocycles. The van der Waals surface area contributed by atoms with Crippen LogP contribution in [0.1, 0.15) is 42.6 Å². The molecular formula is C20H35FN3O2PS. The second-order valence-electron chi connectivity index (χ2n) is 8.29. The molecule has 1 unspecified atom stereocenters. The number of amides is 1. The van der Waals surface area contributed by atoms with E-state index < -0.39 is 9.74 Å². The molecule has 1 atom stereocenters. The van der Waals surface area contributed by atoms with Gasteiger partial charge in [-0.25, -0.2) is 4.39 Å². The first-order valence-corrected chi connectivity index (χ1v) is 13.6. The largest absolute Gasteiger partial charge is 0.352 e. The number of nitrogens with zero attached hydrogens (tertiary/aromatic N) is 1. The van der Waals surface area contributed by atoms with Gasteiger partial charge in [0.15, 0.2) is 0 Å². The number of carbonyl (C=O) groups is 1. The van der Waals surface area contributed by atoms with E-state index in [0.29, 0.717) is 29.7 Å². The molecule has 1 fully saturated rings. The zero-order valence-electron chi connectivity index (χ0n) is 17.2. The summed E-state index contributed by atoms with van der Waals surface area (Å²) >= 11 is 0. The number of rotatable bonds is 9. The molecule has 0 bridgehead atoms. The minimum atomic E-state index is -2.32. The van der Waals surface area contributed by atoms with E-state index in [-0.39, 0.29) is 11.7 Å². The number of nitrogens with one attached hydrogen (secondary N) is 2.